The molecule has 0 aliphatic carbocycles. The lowest BCUT2D eigenvalue weighted by molar-refractivity contribution is 0.365. The van der Waals surface area contributed by atoms with Gasteiger partial charge in [-0.05, 0) is 6.92 Å². The Hall–Kier alpha value is -1.21. The van der Waals surface area contributed by atoms with Crippen LogP contribution in [0, 0.1) is 29.1 Å². The van der Waals surface area contributed by atoms with Gasteiger partial charge in [-0.25, -0.2) is 22.0 Å². The Kier molecular flexibility index (Phi) is 4.41. The summed E-state index contributed by atoms with van der Waals surface area (Å²) in [5, 5.41) is 2.54. The molecule has 1 rings (SSSR count). The lowest BCUT2D eigenvalue weighted by Crippen LogP contribution is -2.33. The van der Waals surface area contributed by atoms with Crippen LogP contribution in [0.1, 0.15) is 12.5 Å². The maximum Gasteiger partial charge on any atom is 0.200 e. The fourth-order valence-corrected chi connectivity index (χ4v) is 1.17. The number of nitrogens with one attached hydrogen (secondary N) is 1. The highest BCUT2D eigenvalue weighted by molar-refractivity contribution is 5.24. The summed E-state index contributed by atoms with van der Waals surface area (Å²) in [7, 11) is 0. The molecule has 0 unspecified atom stereocenters. The van der Waals surface area contributed by atoms with Crippen molar-refractivity contribution in [2.75, 3.05) is 6.54 Å². The van der Waals surface area contributed by atoms with Crippen molar-refractivity contribution in [1.82, 2.24) is 5.32 Å². The van der Waals surface area contributed by atoms with Crippen LogP contribution < -0.4 is 11.1 Å². The second-order valence-electron chi connectivity index (χ2n) is 3.57. The van der Waals surface area contributed by atoms with E-state index in [1.807, 2.05) is 0 Å². The minimum absolute atomic E-state index is 0.176. The molecule has 0 spiro atoms. The molecule has 0 radical (unpaired) electrons. The van der Waals surface area contributed by atoms with E-state index < -0.39 is 41.2 Å². The number of halogens is 5. The summed E-state index contributed by atoms with van der Waals surface area (Å²) in [4.78, 5) is 0. The quantitative estimate of drug-likeness (QED) is 0.488. The van der Waals surface area contributed by atoms with Gasteiger partial charge in [-0.1, -0.05) is 0 Å². The second kappa shape index (κ2) is 5.42. The number of hydrogen-bond donors (Lipinski definition) is 2. The zero-order valence-corrected chi connectivity index (χ0v) is 8.96. The summed E-state index contributed by atoms with van der Waals surface area (Å²) in [6.45, 7) is 1.31. The van der Waals surface area contributed by atoms with Crippen LogP contribution in [0.5, 0.6) is 0 Å². The lowest BCUT2D eigenvalue weighted by atomic mass is 10.1. The predicted molar refractivity (Wildman–Crippen MR) is 51.6 cm³/mol. The van der Waals surface area contributed by atoms with Gasteiger partial charge in [0.2, 0.25) is 5.82 Å². The van der Waals surface area contributed by atoms with Crippen LogP contribution in [0.15, 0.2) is 0 Å². The summed E-state index contributed by atoms with van der Waals surface area (Å²) < 4.78 is 64.6. The number of benzene rings is 1. The fourth-order valence-electron chi connectivity index (χ4n) is 1.17. The van der Waals surface area contributed by atoms with Gasteiger partial charge in [-0.3, -0.25) is 0 Å². The Balaban J connectivity index is 3.07. The van der Waals surface area contributed by atoms with Gasteiger partial charge in [0.15, 0.2) is 23.3 Å². The molecular weight excluding hydrogens is 243 g/mol. The molecule has 1 aromatic rings. The van der Waals surface area contributed by atoms with Crippen molar-refractivity contribution in [3.63, 3.8) is 0 Å². The van der Waals surface area contributed by atoms with E-state index in [0.29, 0.717) is 0 Å². The van der Waals surface area contributed by atoms with Crippen molar-refractivity contribution in [3.8, 4) is 0 Å². The topological polar surface area (TPSA) is 38.0 Å². The molecule has 1 atom stereocenters. The first-order valence-electron chi connectivity index (χ1n) is 4.83. The molecule has 3 N–H and O–H groups in total. The van der Waals surface area contributed by atoms with Crippen molar-refractivity contribution in [1.29, 1.82) is 0 Å². The predicted octanol–water partition coefficient (Wildman–Crippen LogP) is 1.82. The van der Waals surface area contributed by atoms with Crippen molar-refractivity contribution >= 4 is 0 Å². The Morgan fingerprint density at radius 3 is 1.76 bits per heavy atom. The number of rotatable bonds is 4. The monoisotopic (exact) mass is 254 g/mol. The summed E-state index contributed by atoms with van der Waals surface area (Å²) >= 11 is 0. The molecular formula is C10H11F5N2. The zero-order valence-electron chi connectivity index (χ0n) is 8.96. The van der Waals surface area contributed by atoms with Crippen molar-refractivity contribution in [2.45, 2.75) is 19.5 Å². The molecule has 0 heterocycles. The summed E-state index contributed by atoms with van der Waals surface area (Å²) in [6, 6.07) is -0.301. The molecule has 7 heteroatoms. The third-order valence-corrected chi connectivity index (χ3v) is 2.28. The van der Waals surface area contributed by atoms with E-state index in [2.05, 4.69) is 5.32 Å². The van der Waals surface area contributed by atoms with E-state index in [-0.39, 0.29) is 12.6 Å². The van der Waals surface area contributed by atoms with Crippen LogP contribution in [0.4, 0.5) is 22.0 Å². The Labute approximate surface area is 94.6 Å². The van der Waals surface area contributed by atoms with E-state index in [9.17, 15) is 22.0 Å². The molecule has 1 aromatic carbocycles. The normalized spacial score (nSPS) is 12.9. The van der Waals surface area contributed by atoms with Gasteiger partial charge in [0.25, 0.3) is 0 Å². The van der Waals surface area contributed by atoms with Crippen molar-refractivity contribution < 1.29 is 22.0 Å². The van der Waals surface area contributed by atoms with Gasteiger partial charge in [0, 0.05) is 24.7 Å². The average Bonchev–Trinajstić information content (AvgIpc) is 2.33. The Bertz CT molecular complexity index is 393. The third kappa shape index (κ3) is 2.73. The van der Waals surface area contributed by atoms with Gasteiger partial charge < -0.3 is 11.1 Å². The minimum atomic E-state index is -2.16. The van der Waals surface area contributed by atoms with Crippen LogP contribution in [0.25, 0.3) is 0 Å². The number of nitrogens with two attached hydrogens (primary N) is 1. The van der Waals surface area contributed by atoms with E-state index in [0.717, 1.165) is 0 Å². The third-order valence-electron chi connectivity index (χ3n) is 2.28. The first-order valence-corrected chi connectivity index (χ1v) is 4.83. The molecule has 0 saturated heterocycles. The van der Waals surface area contributed by atoms with Gasteiger partial charge >= 0.3 is 0 Å². The van der Waals surface area contributed by atoms with Gasteiger partial charge in [-0.2, -0.15) is 0 Å². The molecule has 0 bridgehead atoms. The average molecular weight is 254 g/mol. The summed E-state index contributed by atoms with van der Waals surface area (Å²) in [5.74, 6) is -9.69. The highest BCUT2D eigenvalue weighted by atomic mass is 19.2. The molecule has 0 aliphatic rings. The number of hydrogen-bond acceptors (Lipinski definition) is 2. The molecule has 2 nitrogen and oxygen atoms in total. The maximum absolute atomic E-state index is 13.2. The van der Waals surface area contributed by atoms with Gasteiger partial charge in [0.1, 0.15) is 0 Å². The van der Waals surface area contributed by atoms with Gasteiger partial charge in [-0.15, -0.1) is 0 Å². The van der Waals surface area contributed by atoms with Crippen molar-refractivity contribution in [3.05, 3.63) is 34.6 Å². The van der Waals surface area contributed by atoms with E-state index >= 15 is 0 Å². The van der Waals surface area contributed by atoms with Crippen LogP contribution in [-0.2, 0) is 6.54 Å². The second-order valence-corrected chi connectivity index (χ2v) is 3.57. The lowest BCUT2D eigenvalue weighted by Gasteiger charge is -2.13. The molecule has 0 saturated carbocycles. The summed E-state index contributed by atoms with van der Waals surface area (Å²) in [5.41, 5.74) is 4.35. The first kappa shape index (κ1) is 13.9. The molecule has 0 aromatic heterocycles. The first-order chi connectivity index (χ1) is 7.90. The Morgan fingerprint density at radius 1 is 0.941 bits per heavy atom. The van der Waals surface area contributed by atoms with Crippen LogP contribution >= 0.6 is 0 Å². The largest absolute Gasteiger partial charge is 0.329 e. The van der Waals surface area contributed by atoms with E-state index in [1.54, 1.807) is 6.92 Å². The van der Waals surface area contributed by atoms with Crippen LogP contribution in [0.2, 0.25) is 0 Å². The van der Waals surface area contributed by atoms with Crippen LogP contribution in [0.3, 0.4) is 0 Å². The standard InChI is InChI=1S/C10H11F5N2/c1-4(2-16)17-3-5-6(11)8(13)10(15)9(14)7(5)12/h4,17H,2-3,16H2,1H3/t4-/m0/s1. The van der Waals surface area contributed by atoms with E-state index in [1.165, 1.54) is 0 Å². The minimum Gasteiger partial charge on any atom is -0.329 e. The van der Waals surface area contributed by atoms with Gasteiger partial charge in [0.05, 0.1) is 0 Å². The molecule has 0 fully saturated rings. The fraction of sp³-hybridized carbons (Fsp3) is 0.400. The molecule has 17 heavy (non-hydrogen) atoms. The highest BCUT2D eigenvalue weighted by Crippen LogP contribution is 2.22. The van der Waals surface area contributed by atoms with Crippen LogP contribution in [-0.4, -0.2) is 12.6 Å². The molecule has 0 aliphatic heterocycles. The Morgan fingerprint density at radius 2 is 1.35 bits per heavy atom. The molecule has 96 valence electrons. The maximum atomic E-state index is 13.2. The summed E-state index contributed by atoms with van der Waals surface area (Å²) in [6.07, 6.45) is 0. The highest BCUT2D eigenvalue weighted by Gasteiger charge is 2.25. The zero-order chi connectivity index (χ0) is 13.2. The SMILES string of the molecule is C[C@@H](CN)NCc1c(F)c(F)c(F)c(F)c1F. The smallest absolute Gasteiger partial charge is 0.200 e. The van der Waals surface area contributed by atoms with Crippen molar-refractivity contribution in [2.24, 2.45) is 5.73 Å². The molecule has 0 amide bonds. The van der Waals surface area contributed by atoms with E-state index in [4.69, 9.17) is 5.73 Å².